The van der Waals surface area contributed by atoms with Crippen molar-refractivity contribution in [2.45, 2.75) is 17.9 Å². The predicted octanol–water partition coefficient (Wildman–Crippen LogP) is 0.693. The number of nitrogens with one attached hydrogen (secondary N) is 1. The van der Waals surface area contributed by atoms with E-state index in [1.807, 2.05) is 0 Å². The molecule has 0 aliphatic heterocycles. The Morgan fingerprint density at radius 3 is 2.86 bits per heavy atom. The van der Waals surface area contributed by atoms with E-state index < -0.39 is 21.8 Å². The number of anilines is 1. The number of rotatable bonds is 6. The van der Waals surface area contributed by atoms with Gasteiger partial charge < -0.3 is 5.11 Å². The number of carboxylic acids is 1. The summed E-state index contributed by atoms with van der Waals surface area (Å²) >= 11 is 0. The molecule has 2 heterocycles. The lowest BCUT2D eigenvalue weighted by Crippen LogP contribution is -2.13. The first kappa shape index (κ1) is 14.9. The fourth-order valence-corrected chi connectivity index (χ4v) is 2.50. The van der Waals surface area contributed by atoms with Gasteiger partial charge in [-0.3, -0.25) is 19.2 Å². The van der Waals surface area contributed by atoms with Gasteiger partial charge in [0.1, 0.15) is 4.90 Å². The van der Waals surface area contributed by atoms with Gasteiger partial charge in [-0.25, -0.2) is 12.8 Å². The smallest absolute Gasteiger partial charge is 0.305 e. The van der Waals surface area contributed by atoms with E-state index in [4.69, 9.17) is 5.11 Å². The molecule has 21 heavy (non-hydrogen) atoms. The van der Waals surface area contributed by atoms with Crippen molar-refractivity contribution in [3.8, 4) is 0 Å². The van der Waals surface area contributed by atoms with Gasteiger partial charge >= 0.3 is 5.97 Å². The first-order chi connectivity index (χ1) is 9.88. The molecule has 10 heteroatoms. The standard InChI is InChI=1S/C11H11FN4O4S/c12-9-6-13-3-1-10(9)15-21(19,20)8-5-14-16(7-8)4-2-11(17)18/h1,3,5-7H,2,4H2,(H,13,15)(H,17,18). The van der Waals surface area contributed by atoms with E-state index in [9.17, 15) is 17.6 Å². The van der Waals surface area contributed by atoms with Crippen molar-refractivity contribution in [1.82, 2.24) is 14.8 Å². The average Bonchev–Trinajstić information content (AvgIpc) is 2.88. The summed E-state index contributed by atoms with van der Waals surface area (Å²) in [6.45, 7) is 0.0362. The van der Waals surface area contributed by atoms with E-state index in [0.29, 0.717) is 0 Å². The lowest BCUT2D eigenvalue weighted by molar-refractivity contribution is -0.137. The Morgan fingerprint density at radius 1 is 1.43 bits per heavy atom. The molecule has 2 N–H and O–H groups in total. The van der Waals surface area contributed by atoms with Crippen LogP contribution in [0.2, 0.25) is 0 Å². The molecule has 2 rings (SSSR count). The molecule has 0 bridgehead atoms. The third kappa shape index (κ3) is 3.75. The molecule has 0 radical (unpaired) electrons. The fraction of sp³-hybridized carbons (Fsp3) is 0.182. The molecule has 0 spiro atoms. The SMILES string of the molecule is O=C(O)CCn1cc(S(=O)(=O)Nc2ccncc2F)cn1. The highest BCUT2D eigenvalue weighted by Gasteiger charge is 2.18. The van der Waals surface area contributed by atoms with Crippen LogP contribution in [0.3, 0.4) is 0 Å². The normalized spacial score (nSPS) is 11.3. The maximum atomic E-state index is 13.4. The zero-order valence-corrected chi connectivity index (χ0v) is 11.4. The molecule has 0 aromatic carbocycles. The van der Waals surface area contributed by atoms with E-state index in [0.717, 1.165) is 12.4 Å². The molecule has 112 valence electrons. The Balaban J connectivity index is 2.17. The molecule has 0 fully saturated rings. The number of carboxylic acid groups (broad SMARTS) is 1. The second-order valence-corrected chi connectivity index (χ2v) is 5.73. The number of nitrogens with zero attached hydrogens (tertiary/aromatic N) is 3. The van der Waals surface area contributed by atoms with E-state index in [1.165, 1.54) is 23.1 Å². The van der Waals surface area contributed by atoms with Crippen molar-refractivity contribution < 1.29 is 22.7 Å². The Labute approximate surface area is 119 Å². The molecule has 2 aromatic heterocycles. The van der Waals surface area contributed by atoms with E-state index in [-0.39, 0.29) is 23.5 Å². The molecule has 0 aliphatic carbocycles. The molecule has 0 atom stereocenters. The first-order valence-electron chi connectivity index (χ1n) is 5.75. The monoisotopic (exact) mass is 314 g/mol. The topological polar surface area (TPSA) is 114 Å². The van der Waals surface area contributed by atoms with E-state index in [1.54, 1.807) is 0 Å². The molecule has 0 unspecified atom stereocenters. The quantitative estimate of drug-likeness (QED) is 0.811. The number of aliphatic carboxylic acids is 1. The van der Waals surface area contributed by atoms with Crippen molar-refractivity contribution in [1.29, 1.82) is 0 Å². The van der Waals surface area contributed by atoms with Crippen LogP contribution in [0.5, 0.6) is 0 Å². The van der Waals surface area contributed by atoms with Crippen LogP contribution in [0.1, 0.15) is 6.42 Å². The molecular weight excluding hydrogens is 303 g/mol. The lowest BCUT2D eigenvalue weighted by Gasteiger charge is -2.06. The summed E-state index contributed by atoms with van der Waals surface area (Å²) in [5, 5.41) is 12.3. The molecule has 0 aliphatic rings. The highest BCUT2D eigenvalue weighted by molar-refractivity contribution is 7.92. The van der Waals surface area contributed by atoms with Gasteiger partial charge in [0.2, 0.25) is 0 Å². The largest absolute Gasteiger partial charge is 0.481 e. The highest BCUT2D eigenvalue weighted by Crippen LogP contribution is 2.17. The van der Waals surface area contributed by atoms with Gasteiger partial charge in [0.15, 0.2) is 5.82 Å². The average molecular weight is 314 g/mol. The van der Waals surface area contributed by atoms with Crippen LogP contribution >= 0.6 is 0 Å². The molecule has 0 amide bonds. The number of halogens is 1. The summed E-state index contributed by atoms with van der Waals surface area (Å²) in [6, 6.07) is 1.18. The minimum absolute atomic E-state index is 0.0362. The summed E-state index contributed by atoms with van der Waals surface area (Å²) in [5.41, 5.74) is -0.233. The fourth-order valence-electron chi connectivity index (χ4n) is 1.48. The van der Waals surface area contributed by atoms with Crippen LogP contribution in [0, 0.1) is 5.82 Å². The van der Waals surface area contributed by atoms with Crippen LogP contribution in [-0.2, 0) is 21.4 Å². The number of aromatic nitrogens is 3. The zero-order chi connectivity index (χ0) is 15.5. The van der Waals surface area contributed by atoms with Gasteiger partial charge in [0.25, 0.3) is 10.0 Å². The molecule has 2 aromatic rings. The van der Waals surface area contributed by atoms with Gasteiger partial charge in [-0.1, -0.05) is 0 Å². The van der Waals surface area contributed by atoms with Gasteiger partial charge in [0, 0.05) is 12.4 Å². The molecular formula is C11H11FN4O4S. The minimum atomic E-state index is -4.00. The number of sulfonamides is 1. The summed E-state index contributed by atoms with van der Waals surface area (Å²) in [6.07, 6.45) is 4.17. The molecule has 0 saturated carbocycles. The summed E-state index contributed by atoms with van der Waals surface area (Å²) < 4.78 is 40.7. The van der Waals surface area contributed by atoms with Crippen LogP contribution < -0.4 is 4.72 Å². The highest BCUT2D eigenvalue weighted by atomic mass is 32.2. The van der Waals surface area contributed by atoms with E-state index in [2.05, 4.69) is 14.8 Å². The van der Waals surface area contributed by atoms with Crippen molar-refractivity contribution in [3.63, 3.8) is 0 Å². The van der Waals surface area contributed by atoms with Gasteiger partial charge in [-0.15, -0.1) is 0 Å². The second-order valence-electron chi connectivity index (χ2n) is 4.04. The zero-order valence-electron chi connectivity index (χ0n) is 10.6. The van der Waals surface area contributed by atoms with Crippen molar-refractivity contribution in [2.75, 3.05) is 4.72 Å². The predicted molar refractivity (Wildman–Crippen MR) is 69.5 cm³/mol. The Kier molecular flexibility index (Phi) is 4.17. The summed E-state index contributed by atoms with van der Waals surface area (Å²) in [4.78, 5) is 13.8. The van der Waals surface area contributed by atoms with Crippen LogP contribution in [0.4, 0.5) is 10.1 Å². The lowest BCUT2D eigenvalue weighted by atomic mass is 10.4. The van der Waals surface area contributed by atoms with Crippen molar-refractivity contribution in [3.05, 3.63) is 36.7 Å². The number of hydrogen-bond donors (Lipinski definition) is 2. The van der Waals surface area contributed by atoms with Crippen LogP contribution in [0.25, 0.3) is 0 Å². The van der Waals surface area contributed by atoms with Crippen LogP contribution in [-0.4, -0.2) is 34.3 Å². The summed E-state index contributed by atoms with van der Waals surface area (Å²) in [7, 11) is -4.00. The maximum absolute atomic E-state index is 13.4. The maximum Gasteiger partial charge on any atom is 0.305 e. The third-order valence-electron chi connectivity index (χ3n) is 2.49. The van der Waals surface area contributed by atoms with Gasteiger partial charge in [0.05, 0.1) is 31.0 Å². The Hall–Kier alpha value is -2.49. The number of pyridine rings is 1. The number of hydrogen-bond acceptors (Lipinski definition) is 5. The molecule has 8 nitrogen and oxygen atoms in total. The third-order valence-corrected chi connectivity index (χ3v) is 3.81. The number of carbonyl (C=O) groups is 1. The minimum Gasteiger partial charge on any atom is -0.481 e. The van der Waals surface area contributed by atoms with Crippen LogP contribution in [0.15, 0.2) is 35.7 Å². The number of aryl methyl sites for hydroxylation is 1. The molecule has 0 saturated heterocycles. The van der Waals surface area contributed by atoms with Gasteiger partial charge in [-0.05, 0) is 6.07 Å². The van der Waals surface area contributed by atoms with Gasteiger partial charge in [-0.2, -0.15) is 5.10 Å². The van der Waals surface area contributed by atoms with E-state index >= 15 is 0 Å². The summed E-state index contributed by atoms with van der Waals surface area (Å²) in [5.74, 6) is -1.83. The first-order valence-corrected chi connectivity index (χ1v) is 7.23. The second kappa shape index (κ2) is 5.87. The van der Waals surface area contributed by atoms with Crippen molar-refractivity contribution >= 4 is 21.7 Å². The van der Waals surface area contributed by atoms with Crippen molar-refractivity contribution in [2.24, 2.45) is 0 Å². The Morgan fingerprint density at radius 2 is 2.19 bits per heavy atom. The Bertz CT molecular complexity index is 759.